The topological polar surface area (TPSA) is 101 Å². The molecule has 1 fully saturated rings. The van der Waals surface area contributed by atoms with E-state index in [1.165, 1.54) is 17.0 Å². The fraction of sp³-hybridized carbons (Fsp3) is 0.500. The van der Waals surface area contributed by atoms with E-state index in [2.05, 4.69) is 0 Å². The van der Waals surface area contributed by atoms with Crippen LogP contribution < -0.4 is 4.90 Å². The van der Waals surface area contributed by atoms with Gasteiger partial charge in [0.15, 0.2) is 9.84 Å². The van der Waals surface area contributed by atoms with E-state index in [1.807, 2.05) is 18.9 Å². The Bertz CT molecular complexity index is 747. The summed E-state index contributed by atoms with van der Waals surface area (Å²) in [7, 11) is -1.77. The molecule has 1 aliphatic heterocycles. The molecule has 0 N–H and O–H groups in total. The lowest BCUT2D eigenvalue weighted by atomic mass is 10.1. The highest BCUT2D eigenvalue weighted by atomic mass is 32.2. The van der Waals surface area contributed by atoms with Crippen LogP contribution in [0.2, 0.25) is 0 Å². The molecule has 1 atom stereocenters. The van der Waals surface area contributed by atoms with Crippen LogP contribution in [0.1, 0.15) is 13.3 Å². The second kappa shape index (κ2) is 6.25. The normalized spacial score (nSPS) is 19.9. The number of carbonyl (C=O) groups excluding carboxylic acids is 1. The zero-order chi connectivity index (χ0) is 17.4. The molecule has 23 heavy (non-hydrogen) atoms. The summed E-state index contributed by atoms with van der Waals surface area (Å²) in [4.78, 5) is 25.9. The number of likely N-dealkylation sites (N-methyl/N-ethyl adjacent to an activating group) is 1. The zero-order valence-corrected chi connectivity index (χ0v) is 14.0. The molecule has 1 aromatic carbocycles. The number of carbonyl (C=O) groups is 1. The SMILES string of the molecule is CC[C@@H]1CN(c2cc([N+](=O)[O-])cc(S(C)(=O)=O)c2)C(=O)CN1C. The van der Waals surface area contributed by atoms with Gasteiger partial charge in [0.2, 0.25) is 5.91 Å². The van der Waals surface area contributed by atoms with Crippen LogP contribution in [0, 0.1) is 10.1 Å². The number of amides is 1. The lowest BCUT2D eigenvalue weighted by molar-refractivity contribution is -0.385. The Kier molecular flexibility index (Phi) is 4.71. The second-order valence-corrected chi connectivity index (χ2v) is 7.71. The van der Waals surface area contributed by atoms with Crippen molar-refractivity contribution >= 4 is 27.1 Å². The van der Waals surface area contributed by atoms with E-state index in [-0.39, 0.29) is 34.8 Å². The molecule has 0 spiro atoms. The first-order valence-electron chi connectivity index (χ1n) is 7.13. The predicted molar refractivity (Wildman–Crippen MR) is 85.3 cm³/mol. The number of hydrogen-bond acceptors (Lipinski definition) is 6. The number of sulfone groups is 1. The molecule has 0 radical (unpaired) electrons. The molecule has 1 amide bonds. The van der Waals surface area contributed by atoms with Gasteiger partial charge >= 0.3 is 0 Å². The number of hydrogen-bond donors (Lipinski definition) is 0. The Morgan fingerprint density at radius 1 is 1.35 bits per heavy atom. The molecule has 1 aliphatic rings. The maximum atomic E-state index is 12.3. The fourth-order valence-electron chi connectivity index (χ4n) is 2.61. The average Bonchev–Trinajstić information content (AvgIpc) is 2.46. The van der Waals surface area contributed by atoms with Crippen molar-refractivity contribution in [1.29, 1.82) is 0 Å². The van der Waals surface area contributed by atoms with Crippen LogP contribution in [0.15, 0.2) is 23.1 Å². The van der Waals surface area contributed by atoms with Crippen LogP contribution in [-0.2, 0) is 14.6 Å². The van der Waals surface area contributed by atoms with E-state index < -0.39 is 14.8 Å². The van der Waals surface area contributed by atoms with Gasteiger partial charge < -0.3 is 4.90 Å². The summed E-state index contributed by atoms with van der Waals surface area (Å²) in [5.41, 5.74) is -0.0983. The largest absolute Gasteiger partial charge is 0.309 e. The molecular weight excluding hydrogens is 322 g/mol. The summed E-state index contributed by atoms with van der Waals surface area (Å²) >= 11 is 0. The highest BCUT2D eigenvalue weighted by Crippen LogP contribution is 2.29. The van der Waals surface area contributed by atoms with Crippen molar-refractivity contribution in [2.45, 2.75) is 24.3 Å². The molecular formula is C14H19N3O5S. The van der Waals surface area contributed by atoms with Crippen LogP contribution in [-0.4, -0.2) is 56.6 Å². The first-order valence-corrected chi connectivity index (χ1v) is 9.02. The van der Waals surface area contributed by atoms with E-state index in [9.17, 15) is 23.3 Å². The maximum absolute atomic E-state index is 12.3. The fourth-order valence-corrected chi connectivity index (χ4v) is 3.28. The number of nitrogens with zero attached hydrogens (tertiary/aromatic N) is 3. The molecule has 2 rings (SSSR count). The van der Waals surface area contributed by atoms with E-state index in [4.69, 9.17) is 0 Å². The van der Waals surface area contributed by atoms with Crippen LogP contribution in [0.25, 0.3) is 0 Å². The Labute approximate surface area is 134 Å². The summed E-state index contributed by atoms with van der Waals surface area (Å²) in [5, 5.41) is 11.1. The quantitative estimate of drug-likeness (QED) is 0.599. The van der Waals surface area contributed by atoms with Crippen LogP contribution in [0.3, 0.4) is 0 Å². The number of anilines is 1. The lowest BCUT2D eigenvalue weighted by Gasteiger charge is -2.38. The molecule has 1 heterocycles. The Morgan fingerprint density at radius 2 is 2.00 bits per heavy atom. The molecule has 126 valence electrons. The number of rotatable bonds is 4. The third-order valence-electron chi connectivity index (χ3n) is 4.00. The second-order valence-electron chi connectivity index (χ2n) is 5.70. The van der Waals surface area contributed by atoms with Crippen molar-refractivity contribution in [3.63, 3.8) is 0 Å². The van der Waals surface area contributed by atoms with Gasteiger partial charge in [0.05, 0.1) is 22.1 Å². The summed E-state index contributed by atoms with van der Waals surface area (Å²) in [6, 6.07) is 3.69. The van der Waals surface area contributed by atoms with Gasteiger partial charge in [0, 0.05) is 31.0 Å². The molecule has 9 heteroatoms. The maximum Gasteiger partial charge on any atom is 0.272 e. The van der Waals surface area contributed by atoms with Crippen LogP contribution in [0.4, 0.5) is 11.4 Å². The molecule has 0 aromatic heterocycles. The minimum Gasteiger partial charge on any atom is -0.309 e. The highest BCUT2D eigenvalue weighted by molar-refractivity contribution is 7.90. The molecule has 1 saturated heterocycles. The smallest absolute Gasteiger partial charge is 0.272 e. The lowest BCUT2D eigenvalue weighted by Crippen LogP contribution is -2.54. The number of nitro groups is 1. The van der Waals surface area contributed by atoms with Crippen molar-refractivity contribution in [2.24, 2.45) is 0 Å². The van der Waals surface area contributed by atoms with E-state index in [0.717, 1.165) is 18.7 Å². The van der Waals surface area contributed by atoms with Crippen molar-refractivity contribution < 1.29 is 18.1 Å². The van der Waals surface area contributed by atoms with Crippen LogP contribution in [0.5, 0.6) is 0 Å². The van der Waals surface area contributed by atoms with Crippen molar-refractivity contribution in [3.8, 4) is 0 Å². The van der Waals surface area contributed by atoms with E-state index in [0.29, 0.717) is 6.54 Å². The number of benzene rings is 1. The van der Waals surface area contributed by atoms with Gasteiger partial charge in [-0.3, -0.25) is 19.8 Å². The zero-order valence-electron chi connectivity index (χ0n) is 13.2. The van der Waals surface area contributed by atoms with Gasteiger partial charge in [-0.1, -0.05) is 6.92 Å². The van der Waals surface area contributed by atoms with E-state index in [1.54, 1.807) is 0 Å². The van der Waals surface area contributed by atoms with Gasteiger partial charge in [0.25, 0.3) is 5.69 Å². The van der Waals surface area contributed by atoms with Gasteiger partial charge in [-0.2, -0.15) is 0 Å². The van der Waals surface area contributed by atoms with Crippen LogP contribution >= 0.6 is 0 Å². The predicted octanol–water partition coefficient (Wildman–Crippen LogP) is 1.06. The first-order chi connectivity index (χ1) is 10.6. The molecule has 1 aromatic rings. The van der Waals surface area contributed by atoms with Gasteiger partial charge in [-0.05, 0) is 19.5 Å². The minimum absolute atomic E-state index is 0.119. The molecule has 8 nitrogen and oxygen atoms in total. The number of nitro benzene ring substituents is 1. The molecule has 0 unspecified atom stereocenters. The Morgan fingerprint density at radius 3 is 2.52 bits per heavy atom. The third kappa shape index (κ3) is 3.67. The summed E-state index contributed by atoms with van der Waals surface area (Å²) < 4.78 is 23.5. The number of non-ortho nitro benzene ring substituents is 1. The van der Waals surface area contributed by atoms with Crippen molar-refractivity contribution in [3.05, 3.63) is 28.3 Å². The third-order valence-corrected chi connectivity index (χ3v) is 5.09. The average molecular weight is 341 g/mol. The standard InChI is InChI=1S/C14H19N3O5S/c1-4-10-8-16(14(18)9-15(10)2)11-5-12(17(19)20)7-13(6-11)23(3,21)22/h5-7,10H,4,8-9H2,1-3H3/t10-/m1/s1. The Hall–Kier alpha value is -2.00. The van der Waals surface area contributed by atoms with Gasteiger partial charge in [-0.15, -0.1) is 0 Å². The van der Waals surface area contributed by atoms with Crippen molar-refractivity contribution in [2.75, 3.05) is 31.3 Å². The van der Waals surface area contributed by atoms with Gasteiger partial charge in [-0.25, -0.2) is 8.42 Å². The summed E-state index contributed by atoms with van der Waals surface area (Å²) in [5.74, 6) is -0.211. The molecule has 0 saturated carbocycles. The Balaban J connectivity index is 2.51. The van der Waals surface area contributed by atoms with E-state index >= 15 is 0 Å². The molecule has 0 bridgehead atoms. The highest BCUT2D eigenvalue weighted by Gasteiger charge is 2.31. The summed E-state index contributed by atoms with van der Waals surface area (Å²) in [6.45, 7) is 2.55. The summed E-state index contributed by atoms with van der Waals surface area (Å²) in [6.07, 6.45) is 1.80. The van der Waals surface area contributed by atoms with Crippen molar-refractivity contribution in [1.82, 2.24) is 4.90 Å². The molecule has 0 aliphatic carbocycles. The monoisotopic (exact) mass is 341 g/mol. The first kappa shape index (κ1) is 17.4. The minimum atomic E-state index is -3.62. The van der Waals surface area contributed by atoms with Gasteiger partial charge in [0.1, 0.15) is 0 Å². The number of piperazine rings is 1.